The summed E-state index contributed by atoms with van der Waals surface area (Å²) in [5.41, 5.74) is -0.133. The first kappa shape index (κ1) is 8.56. The second-order valence-corrected chi connectivity index (χ2v) is 4.93. The minimum atomic E-state index is -0.133. The smallest absolute Gasteiger partial charge is 0.299 e. The zero-order valence-corrected chi connectivity index (χ0v) is 9.94. The van der Waals surface area contributed by atoms with E-state index >= 15 is 0 Å². The summed E-state index contributed by atoms with van der Waals surface area (Å²) in [7, 11) is 0. The van der Waals surface area contributed by atoms with Crippen molar-refractivity contribution in [3.8, 4) is 6.01 Å². The van der Waals surface area contributed by atoms with Crippen LogP contribution in [0.4, 0.5) is 0 Å². The summed E-state index contributed by atoms with van der Waals surface area (Å²) >= 11 is 6.75. The quantitative estimate of drug-likeness (QED) is 0.736. The molecule has 0 aliphatic carbocycles. The Morgan fingerprint density at radius 2 is 2.17 bits per heavy atom. The van der Waals surface area contributed by atoms with Gasteiger partial charge in [0, 0.05) is 0 Å². The van der Waals surface area contributed by atoms with Gasteiger partial charge in [-0.2, -0.15) is 4.98 Å². The molecule has 0 saturated heterocycles. The van der Waals surface area contributed by atoms with Gasteiger partial charge in [-0.3, -0.25) is 4.57 Å². The number of nitrogens with zero attached hydrogens (tertiary/aromatic N) is 2. The highest BCUT2D eigenvalue weighted by molar-refractivity contribution is 9.13. The lowest BCUT2D eigenvalue weighted by atomic mass is 10.1. The van der Waals surface area contributed by atoms with E-state index in [1.165, 1.54) is 0 Å². The molecule has 2 rings (SSSR count). The fourth-order valence-corrected chi connectivity index (χ4v) is 1.99. The summed E-state index contributed by atoms with van der Waals surface area (Å²) in [6, 6.07) is 0.679. The molecule has 1 aromatic heterocycles. The van der Waals surface area contributed by atoms with E-state index in [2.05, 4.69) is 36.8 Å². The number of rotatable bonds is 0. The van der Waals surface area contributed by atoms with Crippen LogP contribution in [0.5, 0.6) is 6.01 Å². The van der Waals surface area contributed by atoms with Gasteiger partial charge in [0.05, 0.1) is 6.54 Å². The fourth-order valence-electron chi connectivity index (χ4n) is 1.26. The first-order chi connectivity index (χ1) is 5.49. The molecule has 0 amide bonds. The van der Waals surface area contributed by atoms with Crippen LogP contribution in [-0.4, -0.2) is 15.2 Å². The van der Waals surface area contributed by atoms with Crippen LogP contribution in [0, 0.1) is 0 Å². The molecule has 0 N–H and O–H groups in total. The number of hydrogen-bond donors (Lipinski definition) is 0. The Labute approximate surface area is 87.4 Å². The molecular weight excluding hydrogens is 288 g/mol. The van der Waals surface area contributed by atoms with Crippen molar-refractivity contribution in [1.82, 2.24) is 9.55 Å². The summed E-state index contributed by atoms with van der Waals surface area (Å²) in [6.45, 7) is 4.92. The molecule has 0 atom stereocenters. The second-order valence-electron chi connectivity index (χ2n) is 3.42. The fraction of sp³-hybridized carbons (Fsp3) is 0.571. The Balaban J connectivity index is 2.46. The number of fused-ring (bicyclic) bond motifs is 1. The highest BCUT2D eigenvalue weighted by Crippen LogP contribution is 2.35. The van der Waals surface area contributed by atoms with Gasteiger partial charge in [-0.1, -0.05) is 0 Å². The predicted octanol–water partition coefficient (Wildman–Crippen LogP) is 2.58. The first-order valence-electron chi connectivity index (χ1n) is 3.60. The van der Waals surface area contributed by atoms with Crippen LogP contribution in [0.25, 0.3) is 0 Å². The number of imidazole rings is 1. The highest BCUT2D eigenvalue weighted by Gasteiger charge is 2.33. The predicted molar refractivity (Wildman–Crippen MR) is 52.3 cm³/mol. The number of hydrogen-bond acceptors (Lipinski definition) is 2. The van der Waals surface area contributed by atoms with Crippen LogP contribution in [0.1, 0.15) is 13.8 Å². The SMILES string of the molecule is CC1(C)Cn2c(nc(Br)c2Br)O1. The number of aromatic nitrogens is 2. The monoisotopic (exact) mass is 294 g/mol. The Bertz CT molecular complexity index is 332. The van der Waals surface area contributed by atoms with Crippen LogP contribution in [-0.2, 0) is 6.54 Å². The van der Waals surface area contributed by atoms with Gasteiger partial charge in [-0.15, -0.1) is 0 Å². The Morgan fingerprint density at radius 3 is 2.75 bits per heavy atom. The molecule has 1 aromatic rings. The first-order valence-corrected chi connectivity index (χ1v) is 5.19. The van der Waals surface area contributed by atoms with E-state index in [0.29, 0.717) is 6.01 Å². The number of ether oxygens (including phenoxy) is 1. The van der Waals surface area contributed by atoms with Crippen molar-refractivity contribution >= 4 is 31.9 Å². The lowest BCUT2D eigenvalue weighted by molar-refractivity contribution is 0.130. The Morgan fingerprint density at radius 1 is 1.50 bits per heavy atom. The summed E-state index contributed by atoms with van der Waals surface area (Å²) < 4.78 is 9.34. The molecule has 3 nitrogen and oxygen atoms in total. The van der Waals surface area contributed by atoms with Crippen molar-refractivity contribution < 1.29 is 4.74 Å². The molecule has 0 radical (unpaired) electrons. The molecule has 12 heavy (non-hydrogen) atoms. The number of halogens is 2. The van der Waals surface area contributed by atoms with Gasteiger partial charge in [0.2, 0.25) is 0 Å². The minimum absolute atomic E-state index is 0.133. The van der Waals surface area contributed by atoms with Crippen LogP contribution in [0.3, 0.4) is 0 Å². The molecule has 0 fully saturated rings. The van der Waals surface area contributed by atoms with E-state index in [9.17, 15) is 0 Å². The van der Waals surface area contributed by atoms with Gasteiger partial charge >= 0.3 is 0 Å². The third kappa shape index (κ3) is 1.19. The average Bonchev–Trinajstić information content (AvgIpc) is 2.33. The summed E-state index contributed by atoms with van der Waals surface area (Å²) in [6.07, 6.45) is 0. The largest absolute Gasteiger partial charge is 0.457 e. The lowest BCUT2D eigenvalue weighted by Crippen LogP contribution is -2.26. The van der Waals surface area contributed by atoms with Crippen LogP contribution in [0.2, 0.25) is 0 Å². The molecular formula is C7H8Br2N2O. The van der Waals surface area contributed by atoms with Crippen LogP contribution < -0.4 is 4.74 Å². The molecule has 0 saturated carbocycles. The third-order valence-corrected chi connectivity index (χ3v) is 3.63. The maximum absolute atomic E-state index is 5.59. The van der Waals surface area contributed by atoms with Gasteiger partial charge in [-0.05, 0) is 45.7 Å². The van der Waals surface area contributed by atoms with E-state index in [1.807, 2.05) is 18.4 Å². The van der Waals surface area contributed by atoms with Crippen molar-refractivity contribution in [2.75, 3.05) is 0 Å². The van der Waals surface area contributed by atoms with Gasteiger partial charge in [0.25, 0.3) is 6.01 Å². The molecule has 0 bridgehead atoms. The maximum atomic E-state index is 5.59. The average molecular weight is 296 g/mol. The zero-order valence-electron chi connectivity index (χ0n) is 6.77. The van der Waals surface area contributed by atoms with Gasteiger partial charge in [0.15, 0.2) is 0 Å². The van der Waals surface area contributed by atoms with Gasteiger partial charge in [0.1, 0.15) is 14.8 Å². The van der Waals surface area contributed by atoms with E-state index in [0.717, 1.165) is 15.8 Å². The molecule has 0 unspecified atom stereocenters. The molecule has 5 heteroatoms. The van der Waals surface area contributed by atoms with Crippen molar-refractivity contribution in [2.24, 2.45) is 0 Å². The highest BCUT2D eigenvalue weighted by atomic mass is 79.9. The maximum Gasteiger partial charge on any atom is 0.299 e. The normalized spacial score (nSPS) is 19.0. The van der Waals surface area contributed by atoms with Gasteiger partial charge < -0.3 is 4.74 Å². The van der Waals surface area contributed by atoms with Crippen LogP contribution >= 0.6 is 31.9 Å². The topological polar surface area (TPSA) is 27.1 Å². The lowest BCUT2D eigenvalue weighted by Gasteiger charge is -2.15. The van der Waals surface area contributed by atoms with Crippen molar-refractivity contribution in [3.63, 3.8) is 0 Å². The van der Waals surface area contributed by atoms with Crippen molar-refractivity contribution in [3.05, 3.63) is 9.21 Å². The van der Waals surface area contributed by atoms with Crippen molar-refractivity contribution in [1.29, 1.82) is 0 Å². The standard InChI is InChI=1S/C7H8Br2N2O/c1-7(2)3-11-5(9)4(8)10-6(11)12-7/h3H2,1-2H3. The van der Waals surface area contributed by atoms with E-state index in [1.54, 1.807) is 0 Å². The molecule has 1 aliphatic heterocycles. The Hall–Kier alpha value is -0.0300. The molecule has 1 aliphatic rings. The van der Waals surface area contributed by atoms with E-state index in [-0.39, 0.29) is 5.60 Å². The molecule has 0 spiro atoms. The third-order valence-electron chi connectivity index (χ3n) is 1.74. The van der Waals surface area contributed by atoms with Crippen molar-refractivity contribution in [2.45, 2.75) is 26.0 Å². The zero-order chi connectivity index (χ0) is 8.93. The van der Waals surface area contributed by atoms with E-state index < -0.39 is 0 Å². The molecule has 2 heterocycles. The molecule has 0 aromatic carbocycles. The summed E-state index contributed by atoms with van der Waals surface area (Å²) in [5.74, 6) is 0. The van der Waals surface area contributed by atoms with Crippen LogP contribution in [0.15, 0.2) is 9.21 Å². The van der Waals surface area contributed by atoms with E-state index in [4.69, 9.17) is 4.74 Å². The Kier molecular flexibility index (Phi) is 1.77. The molecule has 66 valence electrons. The summed E-state index contributed by atoms with van der Waals surface area (Å²) in [5, 5.41) is 0. The minimum Gasteiger partial charge on any atom is -0.457 e. The summed E-state index contributed by atoms with van der Waals surface area (Å²) in [4.78, 5) is 4.20. The second kappa shape index (κ2) is 2.48. The van der Waals surface area contributed by atoms with Gasteiger partial charge in [-0.25, -0.2) is 0 Å².